The fourth-order valence-electron chi connectivity index (χ4n) is 0.934. The van der Waals surface area contributed by atoms with Gasteiger partial charge in [0.1, 0.15) is 6.04 Å². The quantitative estimate of drug-likeness (QED) is 0.536. The highest BCUT2D eigenvalue weighted by Crippen LogP contribution is 2.01. The molecule has 4 nitrogen and oxygen atoms in total. The van der Waals surface area contributed by atoms with Crippen molar-refractivity contribution in [2.45, 2.75) is 18.9 Å². The first-order chi connectivity index (χ1) is 4.80. The largest absolute Gasteiger partial charge is 0.480 e. The Balaban J connectivity index is 2.35. The fraction of sp³-hybridized carbons (Fsp3) is 0.833. The van der Waals surface area contributed by atoms with Gasteiger partial charge in [-0.2, -0.15) is 0 Å². The van der Waals surface area contributed by atoms with Crippen molar-refractivity contribution in [1.82, 2.24) is 5.32 Å². The van der Waals surface area contributed by atoms with Crippen molar-refractivity contribution in [3.05, 3.63) is 0 Å². The third kappa shape index (κ3) is 1.97. The van der Waals surface area contributed by atoms with E-state index in [2.05, 4.69) is 5.32 Å². The number of carbonyl (C=O) groups is 1. The van der Waals surface area contributed by atoms with E-state index in [-0.39, 0.29) is 0 Å². The zero-order valence-electron chi connectivity index (χ0n) is 5.67. The van der Waals surface area contributed by atoms with Crippen LogP contribution >= 0.6 is 0 Å². The van der Waals surface area contributed by atoms with Gasteiger partial charge in [-0.3, -0.25) is 10.1 Å². The normalized spacial score (nSPS) is 27.4. The van der Waals surface area contributed by atoms with Crippen molar-refractivity contribution in [2.75, 3.05) is 13.3 Å². The molecule has 0 aliphatic carbocycles. The second-order valence-corrected chi connectivity index (χ2v) is 2.29. The van der Waals surface area contributed by atoms with Gasteiger partial charge in [0.05, 0.1) is 6.73 Å². The number of carboxylic acids is 1. The molecule has 1 aliphatic heterocycles. The standard InChI is InChI=1S/C6H11NO3/c8-6(9)5-2-1-3-10-4-7-5/h5,7H,1-4H2,(H,8,9). The van der Waals surface area contributed by atoms with E-state index in [4.69, 9.17) is 9.84 Å². The summed E-state index contributed by atoms with van der Waals surface area (Å²) in [6.07, 6.45) is 1.49. The topological polar surface area (TPSA) is 58.6 Å². The van der Waals surface area contributed by atoms with Crippen LogP contribution in [0.5, 0.6) is 0 Å². The number of carboxylic acid groups (broad SMARTS) is 1. The molecule has 1 saturated heterocycles. The molecule has 0 aromatic rings. The van der Waals surface area contributed by atoms with Gasteiger partial charge < -0.3 is 9.84 Å². The van der Waals surface area contributed by atoms with Crippen molar-refractivity contribution in [3.63, 3.8) is 0 Å². The predicted molar refractivity (Wildman–Crippen MR) is 34.6 cm³/mol. The molecule has 1 unspecified atom stereocenters. The summed E-state index contributed by atoms with van der Waals surface area (Å²) in [6, 6.07) is -0.414. The van der Waals surface area contributed by atoms with Crippen LogP contribution in [-0.2, 0) is 9.53 Å². The minimum atomic E-state index is -0.787. The maximum Gasteiger partial charge on any atom is 0.320 e. The van der Waals surface area contributed by atoms with Crippen LogP contribution in [-0.4, -0.2) is 30.5 Å². The van der Waals surface area contributed by atoms with Crippen LogP contribution in [0.15, 0.2) is 0 Å². The molecule has 0 amide bonds. The van der Waals surface area contributed by atoms with Crippen LogP contribution in [0.1, 0.15) is 12.8 Å². The van der Waals surface area contributed by atoms with Crippen molar-refractivity contribution in [2.24, 2.45) is 0 Å². The first kappa shape index (κ1) is 7.50. The minimum absolute atomic E-state index is 0.358. The van der Waals surface area contributed by atoms with Crippen molar-refractivity contribution in [3.8, 4) is 0 Å². The van der Waals surface area contributed by atoms with Gasteiger partial charge in [-0.05, 0) is 12.8 Å². The molecule has 0 aromatic carbocycles. The summed E-state index contributed by atoms with van der Waals surface area (Å²) in [5, 5.41) is 11.3. The monoisotopic (exact) mass is 145 g/mol. The first-order valence-corrected chi connectivity index (χ1v) is 3.34. The van der Waals surface area contributed by atoms with E-state index in [0.717, 1.165) is 6.42 Å². The van der Waals surface area contributed by atoms with Gasteiger partial charge in [0.2, 0.25) is 0 Å². The van der Waals surface area contributed by atoms with Gasteiger partial charge in [-0.25, -0.2) is 0 Å². The van der Waals surface area contributed by atoms with E-state index in [0.29, 0.717) is 19.8 Å². The predicted octanol–water partition coefficient (Wildman–Crippen LogP) is -0.203. The minimum Gasteiger partial charge on any atom is -0.480 e. The average Bonchev–Trinajstić information content (AvgIpc) is 2.12. The molecule has 58 valence electrons. The number of nitrogens with one attached hydrogen (secondary N) is 1. The van der Waals surface area contributed by atoms with Crippen LogP contribution in [0.2, 0.25) is 0 Å². The van der Waals surface area contributed by atoms with E-state index < -0.39 is 12.0 Å². The van der Waals surface area contributed by atoms with Crippen LogP contribution in [0.3, 0.4) is 0 Å². The SMILES string of the molecule is O=C(O)C1CCCOCN1. The summed E-state index contributed by atoms with van der Waals surface area (Å²) in [4.78, 5) is 10.4. The van der Waals surface area contributed by atoms with Crippen LogP contribution in [0.25, 0.3) is 0 Å². The molecule has 10 heavy (non-hydrogen) atoms. The summed E-state index contributed by atoms with van der Waals surface area (Å²) in [7, 11) is 0. The van der Waals surface area contributed by atoms with Gasteiger partial charge >= 0.3 is 5.97 Å². The Bertz CT molecular complexity index is 118. The molecular formula is C6H11NO3. The highest BCUT2D eigenvalue weighted by molar-refractivity contribution is 5.73. The van der Waals surface area contributed by atoms with Crippen molar-refractivity contribution >= 4 is 5.97 Å². The number of aliphatic carboxylic acids is 1. The molecule has 0 bridgehead atoms. The Kier molecular flexibility index (Phi) is 2.65. The number of hydrogen-bond acceptors (Lipinski definition) is 3. The number of ether oxygens (including phenoxy) is 1. The molecule has 0 radical (unpaired) electrons. The molecule has 1 heterocycles. The summed E-state index contributed by atoms with van der Waals surface area (Å²) in [5.41, 5.74) is 0. The summed E-state index contributed by atoms with van der Waals surface area (Å²) in [5.74, 6) is -0.787. The third-order valence-electron chi connectivity index (χ3n) is 1.51. The molecule has 0 saturated carbocycles. The Morgan fingerprint density at radius 1 is 1.70 bits per heavy atom. The van der Waals surface area contributed by atoms with E-state index >= 15 is 0 Å². The molecule has 1 aliphatic rings. The van der Waals surface area contributed by atoms with E-state index in [1.54, 1.807) is 0 Å². The Morgan fingerprint density at radius 3 is 3.20 bits per heavy atom. The van der Waals surface area contributed by atoms with Gasteiger partial charge in [0, 0.05) is 6.61 Å². The van der Waals surface area contributed by atoms with Crippen molar-refractivity contribution in [1.29, 1.82) is 0 Å². The van der Waals surface area contributed by atoms with Crippen LogP contribution < -0.4 is 5.32 Å². The Hall–Kier alpha value is -0.610. The summed E-state index contributed by atoms with van der Waals surface area (Å²) >= 11 is 0. The van der Waals surface area contributed by atoms with Crippen LogP contribution in [0, 0.1) is 0 Å². The zero-order valence-corrected chi connectivity index (χ0v) is 5.67. The second-order valence-electron chi connectivity index (χ2n) is 2.29. The lowest BCUT2D eigenvalue weighted by Crippen LogP contribution is -2.35. The van der Waals surface area contributed by atoms with E-state index in [1.165, 1.54) is 0 Å². The molecule has 1 rings (SSSR count). The summed E-state index contributed by atoms with van der Waals surface area (Å²) < 4.78 is 5.00. The second kappa shape index (κ2) is 3.53. The molecule has 1 fully saturated rings. The average molecular weight is 145 g/mol. The zero-order chi connectivity index (χ0) is 7.40. The van der Waals surface area contributed by atoms with Gasteiger partial charge in [-0.15, -0.1) is 0 Å². The van der Waals surface area contributed by atoms with E-state index in [1.807, 2.05) is 0 Å². The van der Waals surface area contributed by atoms with Gasteiger partial charge in [-0.1, -0.05) is 0 Å². The fourth-order valence-corrected chi connectivity index (χ4v) is 0.934. The number of rotatable bonds is 1. The molecular weight excluding hydrogens is 134 g/mol. The Morgan fingerprint density at radius 2 is 2.50 bits per heavy atom. The maximum absolute atomic E-state index is 10.4. The third-order valence-corrected chi connectivity index (χ3v) is 1.51. The van der Waals surface area contributed by atoms with Gasteiger partial charge in [0.15, 0.2) is 0 Å². The first-order valence-electron chi connectivity index (χ1n) is 3.34. The maximum atomic E-state index is 10.4. The molecule has 1 atom stereocenters. The summed E-state index contributed by atoms with van der Waals surface area (Å²) in [6.45, 7) is 1.02. The lowest BCUT2D eigenvalue weighted by Gasteiger charge is -2.07. The number of hydrogen-bond donors (Lipinski definition) is 2. The van der Waals surface area contributed by atoms with Crippen LogP contribution in [0.4, 0.5) is 0 Å². The highest BCUT2D eigenvalue weighted by Gasteiger charge is 2.17. The Labute approximate surface area is 59.2 Å². The molecule has 2 N–H and O–H groups in total. The lowest BCUT2D eigenvalue weighted by atomic mass is 10.2. The molecule has 0 aromatic heterocycles. The van der Waals surface area contributed by atoms with Crippen molar-refractivity contribution < 1.29 is 14.6 Å². The molecule has 0 spiro atoms. The highest BCUT2D eigenvalue weighted by atomic mass is 16.5. The molecule has 4 heteroatoms. The van der Waals surface area contributed by atoms with Gasteiger partial charge in [0.25, 0.3) is 0 Å². The smallest absolute Gasteiger partial charge is 0.320 e. The lowest BCUT2D eigenvalue weighted by molar-refractivity contribution is -0.139. The van der Waals surface area contributed by atoms with E-state index in [9.17, 15) is 4.79 Å².